The number of nitrogens with zero attached hydrogens (tertiary/aromatic N) is 5. The fraction of sp³-hybridized carbons (Fsp3) is 0.0909. The van der Waals surface area contributed by atoms with Gasteiger partial charge in [0.2, 0.25) is 5.65 Å². The number of aromatic nitrogens is 5. The number of hydrogen-bond donors (Lipinski definition) is 0. The van der Waals surface area contributed by atoms with E-state index in [1.807, 2.05) is 12.1 Å². The molecule has 90 valence electrons. The van der Waals surface area contributed by atoms with Crippen molar-refractivity contribution in [2.24, 2.45) is 0 Å². The number of hydrogen-bond acceptors (Lipinski definition) is 5. The minimum absolute atomic E-state index is 0.416. The van der Waals surface area contributed by atoms with Crippen molar-refractivity contribution in [3.8, 4) is 5.75 Å². The van der Waals surface area contributed by atoms with Crippen LogP contribution in [0.25, 0.3) is 5.65 Å². The largest absolute Gasteiger partial charge is 0.483 e. The van der Waals surface area contributed by atoms with E-state index >= 15 is 0 Å². The van der Waals surface area contributed by atoms with Crippen LogP contribution in [-0.4, -0.2) is 24.6 Å². The second-order valence-electron chi connectivity index (χ2n) is 3.57. The average molecular weight is 306 g/mol. The lowest BCUT2D eigenvalue weighted by Crippen LogP contribution is -2.00. The maximum absolute atomic E-state index is 5.67. The van der Waals surface area contributed by atoms with Crippen LogP contribution in [0.4, 0.5) is 0 Å². The van der Waals surface area contributed by atoms with E-state index in [4.69, 9.17) is 4.74 Å². The fourth-order valence-electron chi connectivity index (χ4n) is 1.52. The molecule has 0 saturated heterocycles. The van der Waals surface area contributed by atoms with Crippen LogP contribution in [0.1, 0.15) is 5.56 Å². The number of halogens is 1. The number of rotatable bonds is 3. The zero-order chi connectivity index (χ0) is 12.4. The Morgan fingerprint density at radius 1 is 1.33 bits per heavy atom. The van der Waals surface area contributed by atoms with Crippen molar-refractivity contribution in [3.05, 3.63) is 47.3 Å². The predicted molar refractivity (Wildman–Crippen MR) is 67.1 cm³/mol. The molecule has 18 heavy (non-hydrogen) atoms. The molecule has 0 atom stereocenters. The lowest BCUT2D eigenvalue weighted by Gasteiger charge is -2.06. The Hall–Kier alpha value is -2.02. The normalized spacial score (nSPS) is 10.7. The minimum atomic E-state index is 0.416. The van der Waals surface area contributed by atoms with Crippen LogP contribution in [0.15, 0.2) is 41.8 Å². The van der Waals surface area contributed by atoms with E-state index in [-0.39, 0.29) is 0 Å². The van der Waals surface area contributed by atoms with Crippen molar-refractivity contribution < 1.29 is 4.74 Å². The molecule has 6 nitrogen and oxygen atoms in total. The monoisotopic (exact) mass is 305 g/mol. The quantitative estimate of drug-likeness (QED) is 0.691. The predicted octanol–water partition coefficient (Wildman–Crippen LogP) is 1.86. The SMILES string of the molecule is Brc1ncc(OCc2cccnc2)c2nncn12. The van der Waals surface area contributed by atoms with Gasteiger partial charge in [-0.2, -0.15) is 0 Å². The number of pyridine rings is 1. The van der Waals surface area contributed by atoms with Crippen molar-refractivity contribution in [1.82, 2.24) is 24.6 Å². The maximum atomic E-state index is 5.67. The molecule has 0 amide bonds. The highest BCUT2D eigenvalue weighted by molar-refractivity contribution is 9.10. The molecule has 0 unspecified atom stereocenters. The van der Waals surface area contributed by atoms with Crippen molar-refractivity contribution in [2.75, 3.05) is 0 Å². The van der Waals surface area contributed by atoms with Gasteiger partial charge in [-0.3, -0.25) is 9.38 Å². The van der Waals surface area contributed by atoms with Gasteiger partial charge in [0.15, 0.2) is 10.5 Å². The Kier molecular flexibility index (Phi) is 2.89. The molecule has 3 rings (SSSR count). The zero-order valence-corrected chi connectivity index (χ0v) is 10.8. The van der Waals surface area contributed by atoms with Crippen LogP contribution in [-0.2, 0) is 6.61 Å². The van der Waals surface area contributed by atoms with Crippen LogP contribution in [0.3, 0.4) is 0 Å². The summed E-state index contributed by atoms with van der Waals surface area (Å²) in [5.74, 6) is 0.583. The molecular formula is C11H8BrN5O. The van der Waals surface area contributed by atoms with Crippen molar-refractivity contribution >= 4 is 21.6 Å². The van der Waals surface area contributed by atoms with E-state index in [9.17, 15) is 0 Å². The fourth-order valence-corrected chi connectivity index (χ4v) is 1.88. The standard InChI is InChI=1S/C11H8BrN5O/c12-11-14-5-9(10-16-15-7-17(10)11)18-6-8-2-1-3-13-4-8/h1-5,7H,6H2. The highest BCUT2D eigenvalue weighted by atomic mass is 79.9. The molecule has 0 aliphatic heterocycles. The highest BCUT2D eigenvalue weighted by Gasteiger charge is 2.08. The molecule has 0 aromatic carbocycles. The van der Waals surface area contributed by atoms with E-state index in [1.165, 1.54) is 0 Å². The molecule has 3 aromatic heterocycles. The second-order valence-corrected chi connectivity index (χ2v) is 4.28. The molecule has 3 aromatic rings. The van der Waals surface area contributed by atoms with Gasteiger partial charge in [-0.25, -0.2) is 4.98 Å². The van der Waals surface area contributed by atoms with Gasteiger partial charge in [0.1, 0.15) is 12.9 Å². The first-order chi connectivity index (χ1) is 8.84. The molecule has 0 saturated carbocycles. The van der Waals surface area contributed by atoms with Gasteiger partial charge < -0.3 is 4.74 Å². The van der Waals surface area contributed by atoms with Gasteiger partial charge in [-0.05, 0) is 22.0 Å². The average Bonchev–Trinajstić information content (AvgIpc) is 2.90. The molecule has 7 heteroatoms. The van der Waals surface area contributed by atoms with Gasteiger partial charge >= 0.3 is 0 Å². The summed E-state index contributed by atoms with van der Waals surface area (Å²) in [6.45, 7) is 0.416. The summed E-state index contributed by atoms with van der Waals surface area (Å²) >= 11 is 3.31. The molecule has 0 spiro atoms. The first-order valence-electron chi connectivity index (χ1n) is 5.20. The molecule has 0 aliphatic rings. The van der Waals surface area contributed by atoms with E-state index in [1.54, 1.807) is 29.3 Å². The Morgan fingerprint density at radius 2 is 2.28 bits per heavy atom. The third-order valence-corrected chi connectivity index (χ3v) is 2.96. The molecule has 0 aliphatic carbocycles. The van der Waals surface area contributed by atoms with Gasteiger partial charge in [0.25, 0.3) is 0 Å². The Balaban J connectivity index is 1.87. The van der Waals surface area contributed by atoms with Crippen molar-refractivity contribution in [2.45, 2.75) is 6.61 Å². The van der Waals surface area contributed by atoms with Crippen LogP contribution in [0.5, 0.6) is 5.75 Å². The maximum Gasteiger partial charge on any atom is 0.206 e. The third-order valence-electron chi connectivity index (χ3n) is 2.37. The van der Waals surface area contributed by atoms with Crippen LogP contribution < -0.4 is 4.74 Å². The summed E-state index contributed by atoms with van der Waals surface area (Å²) < 4.78 is 8.01. The van der Waals surface area contributed by atoms with E-state index in [2.05, 4.69) is 36.1 Å². The summed E-state index contributed by atoms with van der Waals surface area (Å²) in [6.07, 6.45) is 6.67. The van der Waals surface area contributed by atoms with Gasteiger partial charge in [-0.1, -0.05) is 6.07 Å². The van der Waals surface area contributed by atoms with Crippen LogP contribution in [0.2, 0.25) is 0 Å². The van der Waals surface area contributed by atoms with Crippen molar-refractivity contribution in [1.29, 1.82) is 0 Å². The Labute approximate surface area is 111 Å². The van der Waals surface area contributed by atoms with E-state index in [0.29, 0.717) is 22.7 Å². The first kappa shape index (κ1) is 11.1. The first-order valence-corrected chi connectivity index (χ1v) is 6.00. The third kappa shape index (κ3) is 2.04. The lowest BCUT2D eigenvalue weighted by molar-refractivity contribution is 0.306. The molecule has 0 radical (unpaired) electrons. The van der Waals surface area contributed by atoms with E-state index in [0.717, 1.165) is 5.56 Å². The molecule has 0 bridgehead atoms. The summed E-state index contributed by atoms with van der Waals surface area (Å²) in [5, 5.41) is 7.82. The summed E-state index contributed by atoms with van der Waals surface area (Å²) in [6, 6.07) is 3.81. The number of ether oxygens (including phenoxy) is 1. The van der Waals surface area contributed by atoms with Crippen LogP contribution in [0, 0.1) is 0 Å². The lowest BCUT2D eigenvalue weighted by atomic mass is 10.3. The topological polar surface area (TPSA) is 65.2 Å². The molecule has 0 fully saturated rings. The second kappa shape index (κ2) is 4.69. The zero-order valence-electron chi connectivity index (χ0n) is 9.19. The molecule has 0 N–H and O–H groups in total. The summed E-state index contributed by atoms with van der Waals surface area (Å²) in [4.78, 5) is 8.18. The van der Waals surface area contributed by atoms with Crippen LogP contribution >= 0.6 is 15.9 Å². The molecular weight excluding hydrogens is 298 g/mol. The van der Waals surface area contributed by atoms with Crippen molar-refractivity contribution in [3.63, 3.8) is 0 Å². The van der Waals surface area contributed by atoms with Gasteiger partial charge in [0.05, 0.1) is 6.20 Å². The summed E-state index contributed by atoms with van der Waals surface area (Å²) in [5.41, 5.74) is 1.61. The highest BCUT2D eigenvalue weighted by Crippen LogP contribution is 2.20. The van der Waals surface area contributed by atoms with Gasteiger partial charge in [0, 0.05) is 18.0 Å². The Morgan fingerprint density at radius 3 is 3.11 bits per heavy atom. The van der Waals surface area contributed by atoms with Gasteiger partial charge in [-0.15, -0.1) is 10.2 Å². The summed E-state index contributed by atoms with van der Waals surface area (Å²) in [7, 11) is 0. The number of fused-ring (bicyclic) bond motifs is 1. The Bertz CT molecular complexity index is 670. The smallest absolute Gasteiger partial charge is 0.206 e. The molecule has 3 heterocycles. The minimum Gasteiger partial charge on any atom is -0.483 e. The van der Waals surface area contributed by atoms with E-state index < -0.39 is 0 Å².